The molecular weight excluding hydrogens is 232 g/mol. The number of nitrogens with one attached hydrogen (secondary N) is 1. The van der Waals surface area contributed by atoms with Crippen molar-refractivity contribution in [3.8, 4) is 0 Å². The topological polar surface area (TPSA) is 42.0 Å². The van der Waals surface area contributed by atoms with E-state index in [0.717, 1.165) is 11.3 Å². The summed E-state index contributed by atoms with van der Waals surface area (Å²) < 4.78 is 0. The van der Waals surface area contributed by atoms with Crippen molar-refractivity contribution in [3.63, 3.8) is 0 Å². The highest BCUT2D eigenvalue weighted by molar-refractivity contribution is 7.13. The molecule has 0 atom stereocenters. The van der Waals surface area contributed by atoms with Gasteiger partial charge in [-0.25, -0.2) is 4.98 Å². The molecule has 0 aliphatic rings. The highest BCUT2D eigenvalue weighted by Crippen LogP contribution is 2.14. The molecule has 1 heterocycles. The third kappa shape index (κ3) is 3.53. The predicted octanol–water partition coefficient (Wildman–Crippen LogP) is 3.10. The second-order valence-electron chi connectivity index (χ2n) is 3.53. The number of aromatic nitrogens is 1. The minimum absolute atomic E-state index is 0.164. The van der Waals surface area contributed by atoms with Crippen molar-refractivity contribution in [2.75, 3.05) is 5.32 Å². The van der Waals surface area contributed by atoms with Crippen LogP contribution in [0.25, 0.3) is 6.08 Å². The molecule has 0 bridgehead atoms. The summed E-state index contributed by atoms with van der Waals surface area (Å²) in [6, 6.07) is 9.69. The van der Waals surface area contributed by atoms with Crippen molar-refractivity contribution < 1.29 is 4.79 Å². The summed E-state index contributed by atoms with van der Waals surface area (Å²) in [5, 5.41) is 5.24. The van der Waals surface area contributed by atoms with Crippen LogP contribution in [0.1, 0.15) is 11.3 Å². The second kappa shape index (κ2) is 5.41. The maximum absolute atomic E-state index is 11.6. The molecule has 1 amide bonds. The molecule has 3 nitrogen and oxygen atoms in total. The van der Waals surface area contributed by atoms with E-state index in [1.165, 1.54) is 17.4 Å². The smallest absolute Gasteiger partial charge is 0.250 e. The molecule has 2 rings (SSSR count). The summed E-state index contributed by atoms with van der Waals surface area (Å²) in [5.41, 5.74) is 1.91. The van der Waals surface area contributed by atoms with Crippen LogP contribution in [-0.4, -0.2) is 10.9 Å². The first-order valence-corrected chi connectivity index (χ1v) is 6.08. The van der Waals surface area contributed by atoms with Gasteiger partial charge in [0.2, 0.25) is 5.91 Å². The summed E-state index contributed by atoms with van der Waals surface area (Å²) in [6.45, 7) is 1.89. The summed E-state index contributed by atoms with van der Waals surface area (Å²) in [5.74, 6) is -0.164. The quantitative estimate of drug-likeness (QED) is 0.843. The molecule has 0 aliphatic carbocycles. The fraction of sp³-hybridized carbons (Fsp3) is 0.0769. The zero-order chi connectivity index (χ0) is 12.1. The molecule has 0 aliphatic heterocycles. The Hall–Kier alpha value is -1.94. The van der Waals surface area contributed by atoms with Crippen molar-refractivity contribution in [3.05, 3.63) is 53.0 Å². The molecule has 4 heteroatoms. The van der Waals surface area contributed by atoms with Gasteiger partial charge >= 0.3 is 0 Å². The van der Waals surface area contributed by atoms with Crippen LogP contribution in [0.2, 0.25) is 0 Å². The first-order valence-electron chi connectivity index (χ1n) is 5.20. The number of carbonyl (C=O) groups is 1. The van der Waals surface area contributed by atoms with E-state index < -0.39 is 0 Å². The van der Waals surface area contributed by atoms with E-state index in [1.807, 2.05) is 42.6 Å². The highest BCUT2D eigenvalue weighted by Gasteiger charge is 2.01. The Bertz CT molecular complexity index is 531. The van der Waals surface area contributed by atoms with Gasteiger partial charge in [-0.15, -0.1) is 11.3 Å². The Kier molecular flexibility index (Phi) is 3.67. The lowest BCUT2D eigenvalue weighted by Crippen LogP contribution is -2.07. The van der Waals surface area contributed by atoms with Crippen LogP contribution < -0.4 is 5.32 Å². The van der Waals surface area contributed by atoms with Gasteiger partial charge in [0.25, 0.3) is 0 Å². The highest BCUT2D eigenvalue weighted by atomic mass is 32.1. The molecule has 1 aromatic heterocycles. The molecule has 0 radical (unpaired) electrons. The second-order valence-corrected chi connectivity index (χ2v) is 4.39. The van der Waals surface area contributed by atoms with Gasteiger partial charge in [0.05, 0.1) is 5.69 Å². The van der Waals surface area contributed by atoms with Crippen molar-refractivity contribution in [1.82, 2.24) is 4.98 Å². The van der Waals surface area contributed by atoms with Crippen LogP contribution in [0.15, 0.2) is 41.8 Å². The van der Waals surface area contributed by atoms with Gasteiger partial charge in [0.15, 0.2) is 5.13 Å². The van der Waals surface area contributed by atoms with Crippen LogP contribution in [0.4, 0.5) is 5.13 Å². The number of benzene rings is 1. The van der Waals surface area contributed by atoms with Crippen LogP contribution in [0, 0.1) is 6.92 Å². The minimum atomic E-state index is -0.164. The molecule has 1 aromatic carbocycles. The van der Waals surface area contributed by atoms with Crippen molar-refractivity contribution in [2.45, 2.75) is 6.92 Å². The summed E-state index contributed by atoms with van der Waals surface area (Å²) >= 11 is 1.42. The van der Waals surface area contributed by atoms with E-state index in [9.17, 15) is 4.79 Å². The Balaban J connectivity index is 1.96. The lowest BCUT2D eigenvalue weighted by Gasteiger charge is -1.95. The Morgan fingerprint density at radius 1 is 1.35 bits per heavy atom. The van der Waals surface area contributed by atoms with Gasteiger partial charge in [-0.3, -0.25) is 10.1 Å². The first-order chi connectivity index (χ1) is 8.24. The van der Waals surface area contributed by atoms with Crippen LogP contribution in [0.5, 0.6) is 0 Å². The average molecular weight is 244 g/mol. The lowest BCUT2D eigenvalue weighted by molar-refractivity contribution is -0.111. The largest absolute Gasteiger partial charge is 0.298 e. The maximum Gasteiger partial charge on any atom is 0.250 e. The lowest BCUT2D eigenvalue weighted by atomic mass is 10.2. The number of carbonyl (C=O) groups excluding carboxylic acids is 1. The van der Waals surface area contributed by atoms with Gasteiger partial charge in [-0.05, 0) is 18.6 Å². The maximum atomic E-state index is 11.6. The number of thiazole rings is 1. The summed E-state index contributed by atoms with van der Waals surface area (Å²) in [4.78, 5) is 15.7. The van der Waals surface area contributed by atoms with Crippen molar-refractivity contribution >= 4 is 28.5 Å². The number of hydrogen-bond donors (Lipinski definition) is 1. The SMILES string of the molecule is Cc1csc(NC(=O)/C=C\c2ccccc2)n1. The molecule has 0 spiro atoms. The molecule has 0 fully saturated rings. The minimum Gasteiger partial charge on any atom is -0.298 e. The summed E-state index contributed by atoms with van der Waals surface area (Å²) in [7, 11) is 0. The number of hydrogen-bond acceptors (Lipinski definition) is 3. The van der Waals surface area contributed by atoms with Crippen LogP contribution >= 0.6 is 11.3 Å². The fourth-order valence-electron chi connectivity index (χ4n) is 1.29. The van der Waals surface area contributed by atoms with E-state index in [2.05, 4.69) is 10.3 Å². The van der Waals surface area contributed by atoms with Gasteiger partial charge < -0.3 is 0 Å². The molecule has 2 aromatic rings. The van der Waals surface area contributed by atoms with E-state index in [1.54, 1.807) is 6.08 Å². The Morgan fingerprint density at radius 2 is 2.12 bits per heavy atom. The fourth-order valence-corrected chi connectivity index (χ4v) is 1.99. The van der Waals surface area contributed by atoms with Gasteiger partial charge in [0.1, 0.15) is 0 Å². The molecular formula is C13H12N2OS. The molecule has 86 valence electrons. The molecule has 1 N–H and O–H groups in total. The number of anilines is 1. The molecule has 17 heavy (non-hydrogen) atoms. The molecule has 0 unspecified atom stereocenters. The molecule has 0 saturated carbocycles. The number of rotatable bonds is 3. The molecule has 0 saturated heterocycles. The predicted molar refractivity (Wildman–Crippen MR) is 71.0 cm³/mol. The van der Waals surface area contributed by atoms with Crippen LogP contribution in [-0.2, 0) is 4.79 Å². The monoisotopic (exact) mass is 244 g/mol. The van der Waals surface area contributed by atoms with Crippen molar-refractivity contribution in [1.29, 1.82) is 0 Å². The van der Waals surface area contributed by atoms with Gasteiger partial charge in [-0.2, -0.15) is 0 Å². The van der Waals surface area contributed by atoms with Gasteiger partial charge in [0, 0.05) is 11.5 Å². The summed E-state index contributed by atoms with van der Waals surface area (Å²) in [6.07, 6.45) is 3.28. The third-order valence-electron chi connectivity index (χ3n) is 2.08. The zero-order valence-corrected chi connectivity index (χ0v) is 10.2. The van der Waals surface area contributed by atoms with E-state index in [4.69, 9.17) is 0 Å². The van der Waals surface area contributed by atoms with E-state index >= 15 is 0 Å². The van der Waals surface area contributed by atoms with E-state index in [-0.39, 0.29) is 5.91 Å². The number of amides is 1. The third-order valence-corrected chi connectivity index (χ3v) is 2.95. The average Bonchev–Trinajstić information content (AvgIpc) is 2.73. The Morgan fingerprint density at radius 3 is 2.76 bits per heavy atom. The first kappa shape index (κ1) is 11.5. The normalized spacial score (nSPS) is 10.6. The van der Waals surface area contributed by atoms with Crippen LogP contribution in [0.3, 0.4) is 0 Å². The number of aryl methyl sites for hydroxylation is 1. The zero-order valence-electron chi connectivity index (χ0n) is 9.38. The van der Waals surface area contributed by atoms with E-state index in [0.29, 0.717) is 5.13 Å². The Labute approximate surface area is 104 Å². The van der Waals surface area contributed by atoms with Crippen molar-refractivity contribution in [2.24, 2.45) is 0 Å². The number of nitrogens with zero attached hydrogens (tertiary/aromatic N) is 1. The van der Waals surface area contributed by atoms with Gasteiger partial charge in [-0.1, -0.05) is 30.3 Å². The standard InChI is InChI=1S/C13H12N2OS/c1-10-9-17-13(14-10)15-12(16)8-7-11-5-3-2-4-6-11/h2-9H,1H3,(H,14,15,16)/b8-7-.